The van der Waals surface area contributed by atoms with E-state index in [4.69, 9.17) is 5.11 Å². The van der Waals surface area contributed by atoms with E-state index in [0.29, 0.717) is 24.1 Å². The van der Waals surface area contributed by atoms with E-state index in [1.165, 1.54) is 6.07 Å². The average molecular weight is 194 g/mol. The van der Waals surface area contributed by atoms with Gasteiger partial charge in [-0.1, -0.05) is 0 Å². The number of nitrogens with one attached hydrogen (secondary N) is 1. The third kappa shape index (κ3) is 2.37. The standard InChI is InChI=1S/C9H10N2O3/c12-4-3-10-8-2-1-7(6-13)5-9(8)11-14/h1-2,5-6,10,12H,3-4H2. The highest BCUT2D eigenvalue weighted by atomic mass is 16.3. The van der Waals surface area contributed by atoms with Gasteiger partial charge in [0.25, 0.3) is 0 Å². The maximum absolute atomic E-state index is 10.4. The first-order chi connectivity index (χ1) is 6.81. The summed E-state index contributed by atoms with van der Waals surface area (Å²) in [6.45, 7) is 0.302. The molecule has 0 atom stereocenters. The fourth-order valence-corrected chi connectivity index (χ4v) is 1.04. The number of aliphatic hydroxyl groups is 1. The molecule has 74 valence electrons. The highest BCUT2D eigenvalue weighted by Crippen LogP contribution is 2.25. The molecule has 0 heterocycles. The van der Waals surface area contributed by atoms with E-state index in [1.807, 2.05) is 0 Å². The first-order valence-corrected chi connectivity index (χ1v) is 4.09. The molecule has 2 N–H and O–H groups in total. The van der Waals surface area contributed by atoms with Gasteiger partial charge in [-0.15, -0.1) is 4.91 Å². The van der Waals surface area contributed by atoms with Crippen LogP contribution in [0.2, 0.25) is 0 Å². The first kappa shape index (κ1) is 10.3. The number of hydrogen-bond acceptors (Lipinski definition) is 5. The van der Waals surface area contributed by atoms with Gasteiger partial charge in [-0.05, 0) is 23.4 Å². The molecule has 1 aromatic carbocycles. The second-order valence-electron chi connectivity index (χ2n) is 2.64. The Kier molecular flexibility index (Phi) is 3.75. The zero-order valence-corrected chi connectivity index (χ0v) is 7.43. The summed E-state index contributed by atoms with van der Waals surface area (Å²) < 4.78 is 0. The number of nitroso groups, excluding NO2 is 1. The fourth-order valence-electron chi connectivity index (χ4n) is 1.04. The van der Waals surface area contributed by atoms with Crippen molar-refractivity contribution in [1.29, 1.82) is 0 Å². The van der Waals surface area contributed by atoms with Gasteiger partial charge in [0.2, 0.25) is 0 Å². The maximum atomic E-state index is 10.4. The summed E-state index contributed by atoms with van der Waals surface area (Å²) in [5.74, 6) is 0. The van der Waals surface area contributed by atoms with Gasteiger partial charge in [0.1, 0.15) is 12.0 Å². The van der Waals surface area contributed by atoms with Crippen molar-refractivity contribution in [2.75, 3.05) is 18.5 Å². The van der Waals surface area contributed by atoms with Gasteiger partial charge in [-0.25, -0.2) is 0 Å². The molecule has 5 heteroatoms. The Labute approximate surface area is 80.7 Å². The van der Waals surface area contributed by atoms with E-state index in [9.17, 15) is 9.70 Å². The summed E-state index contributed by atoms with van der Waals surface area (Å²) in [7, 11) is 0. The van der Waals surface area contributed by atoms with E-state index in [-0.39, 0.29) is 12.3 Å². The van der Waals surface area contributed by atoms with Crippen molar-refractivity contribution >= 4 is 17.7 Å². The number of rotatable bonds is 5. The number of carbonyl (C=O) groups excluding carboxylic acids is 1. The zero-order chi connectivity index (χ0) is 10.4. The Bertz CT molecular complexity index is 339. The monoisotopic (exact) mass is 194 g/mol. The van der Waals surface area contributed by atoms with Crippen LogP contribution in [0.4, 0.5) is 11.4 Å². The molecule has 0 bridgehead atoms. The summed E-state index contributed by atoms with van der Waals surface area (Å²) >= 11 is 0. The minimum atomic E-state index is -0.0340. The number of hydrogen-bond donors (Lipinski definition) is 2. The van der Waals surface area contributed by atoms with E-state index in [1.54, 1.807) is 12.1 Å². The number of aliphatic hydroxyl groups excluding tert-OH is 1. The van der Waals surface area contributed by atoms with Crippen LogP contribution in [0.1, 0.15) is 10.4 Å². The Morgan fingerprint density at radius 2 is 2.29 bits per heavy atom. The van der Waals surface area contributed by atoms with Crippen LogP contribution in [0.5, 0.6) is 0 Å². The van der Waals surface area contributed by atoms with Gasteiger partial charge in [0.15, 0.2) is 0 Å². The average Bonchev–Trinajstić information content (AvgIpc) is 2.26. The zero-order valence-electron chi connectivity index (χ0n) is 7.43. The Morgan fingerprint density at radius 3 is 2.86 bits per heavy atom. The molecule has 0 aliphatic heterocycles. The summed E-state index contributed by atoms with van der Waals surface area (Å²) in [5.41, 5.74) is 1.08. The summed E-state index contributed by atoms with van der Waals surface area (Å²) in [6.07, 6.45) is 0.643. The molecule has 0 spiro atoms. The quantitative estimate of drug-likeness (QED) is 0.547. The second-order valence-corrected chi connectivity index (χ2v) is 2.64. The lowest BCUT2D eigenvalue weighted by Gasteiger charge is -2.05. The summed E-state index contributed by atoms with van der Waals surface area (Å²) in [6, 6.07) is 4.54. The Morgan fingerprint density at radius 1 is 1.50 bits per heavy atom. The largest absolute Gasteiger partial charge is 0.395 e. The molecule has 1 aromatic rings. The summed E-state index contributed by atoms with van der Waals surface area (Å²) in [4.78, 5) is 20.8. The van der Waals surface area contributed by atoms with Crippen molar-refractivity contribution in [3.8, 4) is 0 Å². The molecular weight excluding hydrogens is 184 g/mol. The SMILES string of the molecule is O=Cc1ccc(NCCO)c(N=O)c1. The molecule has 1 rings (SSSR count). The van der Waals surface area contributed by atoms with Crippen molar-refractivity contribution in [1.82, 2.24) is 0 Å². The number of nitrogens with zero attached hydrogens (tertiary/aromatic N) is 1. The van der Waals surface area contributed by atoms with Crippen molar-refractivity contribution in [2.24, 2.45) is 5.18 Å². The molecule has 0 saturated carbocycles. The van der Waals surface area contributed by atoms with E-state index >= 15 is 0 Å². The lowest BCUT2D eigenvalue weighted by molar-refractivity contribution is 0.112. The lowest BCUT2D eigenvalue weighted by atomic mass is 10.2. The van der Waals surface area contributed by atoms with E-state index < -0.39 is 0 Å². The van der Waals surface area contributed by atoms with Crippen LogP contribution in [-0.4, -0.2) is 24.5 Å². The summed E-state index contributed by atoms with van der Waals surface area (Å²) in [5, 5.41) is 14.1. The minimum Gasteiger partial charge on any atom is -0.395 e. The highest BCUT2D eigenvalue weighted by molar-refractivity contribution is 5.80. The molecule has 0 aliphatic rings. The van der Waals surface area contributed by atoms with Crippen LogP contribution in [0.15, 0.2) is 23.4 Å². The van der Waals surface area contributed by atoms with Gasteiger partial charge in [-0.3, -0.25) is 4.79 Å². The van der Waals surface area contributed by atoms with Crippen LogP contribution in [0.3, 0.4) is 0 Å². The van der Waals surface area contributed by atoms with E-state index in [2.05, 4.69) is 10.5 Å². The van der Waals surface area contributed by atoms with Crippen molar-refractivity contribution in [3.05, 3.63) is 28.7 Å². The molecule has 5 nitrogen and oxygen atoms in total. The predicted molar refractivity (Wildman–Crippen MR) is 52.9 cm³/mol. The number of carbonyl (C=O) groups is 1. The molecule has 0 aromatic heterocycles. The minimum absolute atomic E-state index is 0.0340. The number of aldehydes is 1. The van der Waals surface area contributed by atoms with Gasteiger partial charge in [-0.2, -0.15) is 0 Å². The van der Waals surface area contributed by atoms with Crippen LogP contribution in [-0.2, 0) is 0 Å². The van der Waals surface area contributed by atoms with Crippen molar-refractivity contribution < 1.29 is 9.90 Å². The van der Waals surface area contributed by atoms with Crippen LogP contribution < -0.4 is 5.32 Å². The normalized spacial score (nSPS) is 9.50. The smallest absolute Gasteiger partial charge is 0.150 e. The molecular formula is C9H10N2O3. The molecule has 14 heavy (non-hydrogen) atoms. The third-order valence-corrected chi connectivity index (χ3v) is 1.68. The molecule has 0 radical (unpaired) electrons. The fraction of sp³-hybridized carbons (Fsp3) is 0.222. The second kappa shape index (κ2) is 5.08. The number of benzene rings is 1. The number of anilines is 1. The maximum Gasteiger partial charge on any atom is 0.150 e. The van der Waals surface area contributed by atoms with Gasteiger partial charge in [0, 0.05) is 12.1 Å². The molecule has 0 fully saturated rings. The molecule has 0 aliphatic carbocycles. The molecule has 0 unspecified atom stereocenters. The van der Waals surface area contributed by atoms with Gasteiger partial charge in [0.05, 0.1) is 12.3 Å². The Hall–Kier alpha value is -1.75. The van der Waals surface area contributed by atoms with Crippen LogP contribution in [0.25, 0.3) is 0 Å². The van der Waals surface area contributed by atoms with Gasteiger partial charge < -0.3 is 10.4 Å². The highest BCUT2D eigenvalue weighted by Gasteiger charge is 2.03. The topological polar surface area (TPSA) is 78.8 Å². The first-order valence-electron chi connectivity index (χ1n) is 4.09. The lowest BCUT2D eigenvalue weighted by Crippen LogP contribution is -2.05. The van der Waals surface area contributed by atoms with Crippen LogP contribution >= 0.6 is 0 Å². The van der Waals surface area contributed by atoms with Gasteiger partial charge >= 0.3 is 0 Å². The third-order valence-electron chi connectivity index (χ3n) is 1.68. The van der Waals surface area contributed by atoms with Crippen LogP contribution in [0, 0.1) is 4.91 Å². The van der Waals surface area contributed by atoms with Crippen molar-refractivity contribution in [3.63, 3.8) is 0 Å². The van der Waals surface area contributed by atoms with Crippen molar-refractivity contribution in [2.45, 2.75) is 0 Å². The van der Waals surface area contributed by atoms with E-state index in [0.717, 1.165) is 0 Å². The Balaban J connectivity index is 2.92. The molecule has 0 amide bonds. The predicted octanol–water partition coefficient (Wildman–Crippen LogP) is 1.30. The molecule has 0 saturated heterocycles.